The Morgan fingerprint density at radius 2 is 2.12 bits per heavy atom. The van der Waals surface area contributed by atoms with Crippen LogP contribution in [-0.2, 0) is 16.0 Å². The van der Waals surface area contributed by atoms with Crippen molar-refractivity contribution in [2.24, 2.45) is 5.92 Å². The molecule has 1 aromatic heterocycles. The predicted octanol–water partition coefficient (Wildman–Crippen LogP) is 1.02. The molecular formula is C12H18N2O2. The fourth-order valence-electron chi connectivity index (χ4n) is 1.59. The topological polar surface area (TPSA) is 51.2 Å². The molecule has 0 radical (unpaired) electrons. The highest BCUT2D eigenvalue weighted by molar-refractivity contribution is 5.73. The van der Waals surface area contributed by atoms with Gasteiger partial charge in [-0.25, -0.2) is 0 Å². The number of carbonyl (C=O) groups is 1. The molecule has 1 unspecified atom stereocenters. The van der Waals surface area contributed by atoms with Crippen LogP contribution in [0.2, 0.25) is 0 Å². The third-order valence-corrected chi connectivity index (χ3v) is 2.77. The summed E-state index contributed by atoms with van der Waals surface area (Å²) in [5.41, 5.74) is 1.09. The van der Waals surface area contributed by atoms with E-state index in [1.54, 1.807) is 12.4 Å². The molecule has 0 bridgehead atoms. The SMILES string of the molecule is CN[C@@H](C)C(Cc1ccncc1)C(=O)OC. The van der Waals surface area contributed by atoms with Gasteiger partial charge in [0, 0.05) is 18.4 Å². The van der Waals surface area contributed by atoms with Gasteiger partial charge < -0.3 is 10.1 Å². The fraction of sp³-hybridized carbons (Fsp3) is 0.500. The number of rotatable bonds is 5. The summed E-state index contributed by atoms with van der Waals surface area (Å²) in [6.07, 6.45) is 4.12. The number of hydrogen-bond acceptors (Lipinski definition) is 4. The lowest BCUT2D eigenvalue weighted by atomic mass is 9.93. The van der Waals surface area contributed by atoms with Crippen LogP contribution in [0.4, 0.5) is 0 Å². The summed E-state index contributed by atoms with van der Waals surface area (Å²) in [4.78, 5) is 15.6. The van der Waals surface area contributed by atoms with Crippen LogP contribution in [0.1, 0.15) is 12.5 Å². The van der Waals surface area contributed by atoms with Crippen LogP contribution >= 0.6 is 0 Å². The zero-order chi connectivity index (χ0) is 12.0. The van der Waals surface area contributed by atoms with Crippen molar-refractivity contribution in [2.45, 2.75) is 19.4 Å². The van der Waals surface area contributed by atoms with E-state index in [2.05, 4.69) is 10.3 Å². The molecule has 4 nitrogen and oxygen atoms in total. The Hall–Kier alpha value is -1.42. The van der Waals surface area contributed by atoms with Crippen molar-refractivity contribution in [3.8, 4) is 0 Å². The second-order valence-electron chi connectivity index (χ2n) is 3.77. The third-order valence-electron chi connectivity index (χ3n) is 2.77. The van der Waals surface area contributed by atoms with Gasteiger partial charge in [0.2, 0.25) is 0 Å². The van der Waals surface area contributed by atoms with Gasteiger partial charge in [-0.1, -0.05) is 0 Å². The lowest BCUT2D eigenvalue weighted by Gasteiger charge is -2.21. The maximum absolute atomic E-state index is 11.6. The van der Waals surface area contributed by atoms with Gasteiger partial charge in [0.15, 0.2) is 0 Å². The van der Waals surface area contributed by atoms with Gasteiger partial charge in [-0.2, -0.15) is 0 Å². The smallest absolute Gasteiger partial charge is 0.310 e. The standard InChI is InChI=1S/C12H18N2O2/c1-9(13-2)11(12(15)16-3)8-10-4-6-14-7-5-10/h4-7,9,11,13H,8H2,1-3H3/t9-,11?/m0/s1. The average Bonchev–Trinajstić information content (AvgIpc) is 2.35. The summed E-state index contributed by atoms with van der Waals surface area (Å²) in [6.45, 7) is 1.97. The molecule has 0 spiro atoms. The third kappa shape index (κ3) is 3.31. The number of nitrogens with zero attached hydrogens (tertiary/aromatic N) is 1. The van der Waals surface area contributed by atoms with E-state index in [-0.39, 0.29) is 17.9 Å². The van der Waals surface area contributed by atoms with E-state index < -0.39 is 0 Å². The molecule has 1 N–H and O–H groups in total. The van der Waals surface area contributed by atoms with Crippen molar-refractivity contribution < 1.29 is 9.53 Å². The first-order chi connectivity index (χ1) is 7.69. The predicted molar refractivity (Wildman–Crippen MR) is 62.0 cm³/mol. The maximum atomic E-state index is 11.6. The van der Waals surface area contributed by atoms with Crippen molar-refractivity contribution in [3.63, 3.8) is 0 Å². The van der Waals surface area contributed by atoms with E-state index >= 15 is 0 Å². The molecule has 16 heavy (non-hydrogen) atoms. The largest absolute Gasteiger partial charge is 0.469 e. The summed E-state index contributed by atoms with van der Waals surface area (Å²) in [6, 6.07) is 3.91. The minimum atomic E-state index is -0.182. The Balaban J connectivity index is 2.75. The van der Waals surface area contributed by atoms with Crippen molar-refractivity contribution in [1.82, 2.24) is 10.3 Å². The summed E-state index contributed by atoms with van der Waals surface area (Å²) in [5.74, 6) is -0.351. The Morgan fingerprint density at radius 3 is 2.62 bits per heavy atom. The molecule has 1 aromatic rings. The number of nitrogens with one attached hydrogen (secondary N) is 1. The highest BCUT2D eigenvalue weighted by Crippen LogP contribution is 2.13. The molecule has 0 aromatic carbocycles. The average molecular weight is 222 g/mol. The number of aromatic nitrogens is 1. The molecule has 0 saturated heterocycles. The molecule has 0 aliphatic carbocycles. The highest BCUT2D eigenvalue weighted by Gasteiger charge is 2.25. The number of ether oxygens (including phenoxy) is 1. The molecular weight excluding hydrogens is 204 g/mol. The molecule has 0 amide bonds. The number of hydrogen-bond donors (Lipinski definition) is 1. The van der Waals surface area contributed by atoms with Crippen molar-refractivity contribution in [3.05, 3.63) is 30.1 Å². The van der Waals surface area contributed by atoms with E-state index in [9.17, 15) is 4.79 Å². The van der Waals surface area contributed by atoms with Gasteiger partial charge >= 0.3 is 5.97 Å². The zero-order valence-corrected chi connectivity index (χ0v) is 9.93. The lowest BCUT2D eigenvalue weighted by molar-refractivity contribution is -0.146. The van der Waals surface area contributed by atoms with Gasteiger partial charge in [0.1, 0.15) is 0 Å². The zero-order valence-electron chi connectivity index (χ0n) is 9.93. The quantitative estimate of drug-likeness (QED) is 0.756. The van der Waals surface area contributed by atoms with Gasteiger partial charge in [-0.15, -0.1) is 0 Å². The van der Waals surface area contributed by atoms with Gasteiger partial charge in [0.05, 0.1) is 13.0 Å². The lowest BCUT2D eigenvalue weighted by Crippen LogP contribution is -2.37. The van der Waals surface area contributed by atoms with Gasteiger partial charge in [-0.05, 0) is 38.1 Å². The van der Waals surface area contributed by atoms with Crippen molar-refractivity contribution in [2.75, 3.05) is 14.2 Å². The fourth-order valence-corrected chi connectivity index (χ4v) is 1.59. The monoisotopic (exact) mass is 222 g/mol. The molecule has 0 aliphatic rings. The highest BCUT2D eigenvalue weighted by atomic mass is 16.5. The van der Waals surface area contributed by atoms with Gasteiger partial charge in [0.25, 0.3) is 0 Å². The molecule has 88 valence electrons. The minimum absolute atomic E-state index is 0.0839. The van der Waals surface area contributed by atoms with E-state index in [4.69, 9.17) is 4.74 Å². The summed E-state index contributed by atoms with van der Waals surface area (Å²) in [7, 11) is 3.26. The maximum Gasteiger partial charge on any atom is 0.310 e. The summed E-state index contributed by atoms with van der Waals surface area (Å²) < 4.78 is 4.81. The molecule has 0 saturated carbocycles. The first-order valence-electron chi connectivity index (χ1n) is 5.33. The van der Waals surface area contributed by atoms with E-state index in [0.29, 0.717) is 6.42 Å². The Bertz CT molecular complexity index is 327. The summed E-state index contributed by atoms with van der Waals surface area (Å²) in [5, 5.41) is 3.08. The van der Waals surface area contributed by atoms with E-state index in [1.807, 2.05) is 26.1 Å². The number of esters is 1. The Morgan fingerprint density at radius 1 is 1.50 bits per heavy atom. The van der Waals surface area contributed by atoms with Crippen molar-refractivity contribution >= 4 is 5.97 Å². The van der Waals surface area contributed by atoms with Crippen LogP contribution in [0.3, 0.4) is 0 Å². The van der Waals surface area contributed by atoms with Crippen LogP contribution in [-0.4, -0.2) is 31.2 Å². The number of carbonyl (C=O) groups excluding carboxylic acids is 1. The number of methoxy groups -OCH3 is 1. The second-order valence-corrected chi connectivity index (χ2v) is 3.77. The molecule has 1 rings (SSSR count). The first kappa shape index (κ1) is 12.6. The Labute approximate surface area is 96.0 Å². The first-order valence-corrected chi connectivity index (χ1v) is 5.33. The summed E-state index contributed by atoms with van der Waals surface area (Å²) >= 11 is 0. The minimum Gasteiger partial charge on any atom is -0.469 e. The molecule has 0 aliphatic heterocycles. The van der Waals surface area contributed by atoms with E-state index in [0.717, 1.165) is 5.56 Å². The van der Waals surface area contributed by atoms with Crippen molar-refractivity contribution in [1.29, 1.82) is 0 Å². The van der Waals surface area contributed by atoms with Crippen LogP contribution < -0.4 is 5.32 Å². The molecule has 1 heterocycles. The van der Waals surface area contributed by atoms with Gasteiger partial charge in [-0.3, -0.25) is 9.78 Å². The normalized spacial score (nSPS) is 14.2. The van der Waals surface area contributed by atoms with E-state index in [1.165, 1.54) is 7.11 Å². The molecule has 0 fully saturated rings. The van der Waals surface area contributed by atoms with Crippen LogP contribution in [0.5, 0.6) is 0 Å². The molecule has 2 atom stereocenters. The van der Waals surface area contributed by atoms with Crippen LogP contribution in [0.25, 0.3) is 0 Å². The molecule has 4 heteroatoms. The number of pyridine rings is 1. The Kier molecular flexibility index (Phi) is 4.92. The second kappa shape index (κ2) is 6.23. The van der Waals surface area contributed by atoms with Crippen LogP contribution in [0.15, 0.2) is 24.5 Å². The van der Waals surface area contributed by atoms with Crippen LogP contribution in [0, 0.1) is 5.92 Å².